The fourth-order valence-corrected chi connectivity index (χ4v) is 2.67. The Hall–Kier alpha value is -2.39. The van der Waals surface area contributed by atoms with E-state index in [9.17, 15) is 23.1 Å². The first-order chi connectivity index (χ1) is 11.8. The Balaban J connectivity index is 1.70. The van der Waals surface area contributed by atoms with Gasteiger partial charge < -0.3 is 15.7 Å². The van der Waals surface area contributed by atoms with Crippen molar-refractivity contribution in [1.29, 1.82) is 0 Å². The molecule has 0 aliphatic carbocycles. The lowest BCUT2D eigenvalue weighted by Crippen LogP contribution is -2.53. The number of nitrogens with one attached hydrogen (secondary N) is 3. The quantitative estimate of drug-likeness (QED) is 0.680. The third-order valence-electron chi connectivity index (χ3n) is 4.11. The number of nitrogens with zero attached hydrogens (tertiary/aromatic N) is 1. The maximum atomic E-state index is 12.6. The number of benzene rings is 1. The number of aliphatic hydroxyl groups is 1. The highest BCUT2D eigenvalue weighted by molar-refractivity contribution is 5.97. The van der Waals surface area contributed by atoms with E-state index in [1.807, 2.05) is 5.10 Å². The molecule has 9 heteroatoms. The second kappa shape index (κ2) is 6.49. The number of aromatic nitrogens is 2. The zero-order valence-corrected chi connectivity index (χ0v) is 13.2. The molecule has 1 aliphatic rings. The monoisotopic (exact) mass is 354 g/mol. The molecule has 0 radical (unpaired) electrons. The van der Waals surface area contributed by atoms with Crippen molar-refractivity contribution in [2.75, 3.05) is 18.4 Å². The number of carbonyl (C=O) groups excluding carboxylic acids is 1. The molecule has 1 aromatic carbocycles. The number of halogens is 3. The van der Waals surface area contributed by atoms with E-state index >= 15 is 0 Å². The van der Waals surface area contributed by atoms with Crippen LogP contribution in [-0.2, 0) is 11.0 Å². The summed E-state index contributed by atoms with van der Waals surface area (Å²) in [7, 11) is 0. The van der Waals surface area contributed by atoms with Gasteiger partial charge in [0.05, 0.1) is 5.69 Å². The molecule has 134 valence electrons. The summed E-state index contributed by atoms with van der Waals surface area (Å²) in [5.41, 5.74) is -1.31. The SMILES string of the molecule is O=C(Nc1ccc(-c2cc(C(F)(F)F)[nH]n2)cc1)C1(O)CCCNC1. The summed E-state index contributed by atoms with van der Waals surface area (Å²) in [5.74, 6) is -0.508. The van der Waals surface area contributed by atoms with Crippen LogP contribution < -0.4 is 10.6 Å². The number of piperidine rings is 1. The van der Waals surface area contributed by atoms with E-state index in [4.69, 9.17) is 0 Å². The third-order valence-corrected chi connectivity index (χ3v) is 4.11. The van der Waals surface area contributed by atoms with E-state index in [2.05, 4.69) is 15.7 Å². The molecule has 1 saturated heterocycles. The van der Waals surface area contributed by atoms with Crippen LogP contribution in [0.5, 0.6) is 0 Å². The van der Waals surface area contributed by atoms with Gasteiger partial charge in [-0.25, -0.2) is 0 Å². The third kappa shape index (κ3) is 3.83. The fraction of sp³-hybridized carbons (Fsp3) is 0.375. The Morgan fingerprint density at radius 2 is 2.00 bits per heavy atom. The number of carbonyl (C=O) groups is 1. The molecular weight excluding hydrogens is 337 g/mol. The summed E-state index contributed by atoms with van der Waals surface area (Å²) in [6, 6.07) is 7.12. The van der Waals surface area contributed by atoms with E-state index in [1.54, 1.807) is 24.3 Å². The number of aromatic amines is 1. The van der Waals surface area contributed by atoms with Gasteiger partial charge in [-0.3, -0.25) is 9.89 Å². The Morgan fingerprint density at radius 1 is 1.28 bits per heavy atom. The largest absolute Gasteiger partial charge is 0.432 e. The van der Waals surface area contributed by atoms with E-state index < -0.39 is 23.4 Å². The van der Waals surface area contributed by atoms with Gasteiger partial charge in [0.1, 0.15) is 5.69 Å². The molecule has 1 aromatic heterocycles. The number of amides is 1. The molecule has 1 aliphatic heterocycles. The van der Waals surface area contributed by atoms with Crippen LogP contribution >= 0.6 is 0 Å². The van der Waals surface area contributed by atoms with Crippen LogP contribution in [0.2, 0.25) is 0 Å². The van der Waals surface area contributed by atoms with Gasteiger partial charge in [-0.05, 0) is 37.6 Å². The maximum absolute atomic E-state index is 12.6. The Kier molecular flexibility index (Phi) is 4.53. The number of β-amino-alcohol motifs (C(OH)–C–C–N with tert-alkyl or cyclic N) is 1. The van der Waals surface area contributed by atoms with Crippen molar-refractivity contribution in [3.63, 3.8) is 0 Å². The van der Waals surface area contributed by atoms with E-state index in [0.29, 0.717) is 24.1 Å². The Bertz CT molecular complexity index is 749. The van der Waals surface area contributed by atoms with Crippen molar-refractivity contribution in [1.82, 2.24) is 15.5 Å². The lowest BCUT2D eigenvalue weighted by molar-refractivity contribution is -0.141. The molecule has 2 aromatic rings. The second-order valence-electron chi connectivity index (χ2n) is 6.01. The molecule has 3 rings (SSSR count). The van der Waals surface area contributed by atoms with E-state index in [0.717, 1.165) is 12.6 Å². The topological polar surface area (TPSA) is 90.0 Å². The van der Waals surface area contributed by atoms with Gasteiger partial charge in [-0.2, -0.15) is 18.3 Å². The number of rotatable bonds is 3. The summed E-state index contributed by atoms with van der Waals surface area (Å²) >= 11 is 0. The maximum Gasteiger partial charge on any atom is 0.432 e. The molecule has 25 heavy (non-hydrogen) atoms. The summed E-state index contributed by atoms with van der Waals surface area (Å²) in [6.45, 7) is 0.943. The first-order valence-electron chi connectivity index (χ1n) is 7.75. The average molecular weight is 354 g/mol. The van der Waals surface area contributed by atoms with Crippen LogP contribution in [0.3, 0.4) is 0 Å². The molecule has 1 atom stereocenters. The average Bonchev–Trinajstić information content (AvgIpc) is 3.06. The molecule has 4 N–H and O–H groups in total. The minimum absolute atomic E-state index is 0.153. The minimum atomic E-state index is -4.48. The summed E-state index contributed by atoms with van der Waals surface area (Å²) < 4.78 is 37.8. The van der Waals surface area contributed by atoms with Crippen LogP contribution in [0.15, 0.2) is 30.3 Å². The van der Waals surface area contributed by atoms with E-state index in [1.165, 1.54) is 0 Å². The first kappa shape index (κ1) is 17.4. The smallest absolute Gasteiger partial charge is 0.379 e. The fourth-order valence-electron chi connectivity index (χ4n) is 2.67. The van der Waals surface area contributed by atoms with Crippen molar-refractivity contribution in [3.05, 3.63) is 36.0 Å². The van der Waals surface area contributed by atoms with Gasteiger partial charge in [-0.1, -0.05) is 12.1 Å². The normalized spacial score (nSPS) is 21.1. The number of hydrogen-bond acceptors (Lipinski definition) is 4. The highest BCUT2D eigenvalue weighted by atomic mass is 19.4. The number of hydrogen-bond donors (Lipinski definition) is 4. The highest BCUT2D eigenvalue weighted by Crippen LogP contribution is 2.30. The van der Waals surface area contributed by atoms with Crippen LogP contribution in [0.1, 0.15) is 18.5 Å². The van der Waals surface area contributed by atoms with Gasteiger partial charge in [0.2, 0.25) is 0 Å². The zero-order valence-electron chi connectivity index (χ0n) is 13.2. The number of alkyl halides is 3. The highest BCUT2D eigenvalue weighted by Gasteiger charge is 2.37. The predicted molar refractivity (Wildman–Crippen MR) is 84.7 cm³/mol. The summed E-state index contributed by atoms with van der Waals surface area (Å²) in [4.78, 5) is 12.2. The van der Waals surface area contributed by atoms with E-state index in [-0.39, 0.29) is 12.2 Å². The molecule has 0 bridgehead atoms. The van der Waals surface area contributed by atoms with Gasteiger partial charge in [0, 0.05) is 17.8 Å². The molecular formula is C16H17F3N4O2. The minimum Gasteiger partial charge on any atom is -0.379 e. The second-order valence-corrected chi connectivity index (χ2v) is 6.01. The first-order valence-corrected chi connectivity index (χ1v) is 7.75. The summed E-state index contributed by atoms with van der Waals surface area (Å²) in [6.07, 6.45) is -3.41. The standard InChI is InChI=1S/C16H17F3N4O2/c17-16(18,19)13-8-12(22-23-13)10-2-4-11(5-3-10)21-14(24)15(25)6-1-7-20-9-15/h2-5,8,20,25H,1,6-7,9H2,(H,21,24)(H,22,23). The molecule has 1 fully saturated rings. The van der Waals surface area contributed by atoms with Gasteiger partial charge >= 0.3 is 6.18 Å². The molecule has 1 amide bonds. The lowest BCUT2D eigenvalue weighted by Gasteiger charge is -2.31. The van der Waals surface area contributed by atoms with Crippen molar-refractivity contribution in [2.45, 2.75) is 24.6 Å². The Labute approximate surface area is 141 Å². The van der Waals surface area contributed by atoms with Crippen LogP contribution in [0.4, 0.5) is 18.9 Å². The van der Waals surface area contributed by atoms with Gasteiger partial charge in [0.25, 0.3) is 5.91 Å². The summed E-state index contributed by atoms with van der Waals surface area (Å²) in [5, 5.41) is 21.5. The van der Waals surface area contributed by atoms with Crippen LogP contribution in [0.25, 0.3) is 11.3 Å². The lowest BCUT2D eigenvalue weighted by atomic mass is 9.93. The van der Waals surface area contributed by atoms with Crippen molar-refractivity contribution in [2.24, 2.45) is 0 Å². The van der Waals surface area contributed by atoms with Crippen LogP contribution in [0, 0.1) is 0 Å². The van der Waals surface area contributed by atoms with Crippen molar-refractivity contribution in [3.8, 4) is 11.3 Å². The molecule has 6 nitrogen and oxygen atoms in total. The molecule has 0 saturated carbocycles. The van der Waals surface area contributed by atoms with Gasteiger partial charge in [-0.15, -0.1) is 0 Å². The number of anilines is 1. The predicted octanol–water partition coefficient (Wildman–Crippen LogP) is 2.15. The van der Waals surface area contributed by atoms with Gasteiger partial charge in [0.15, 0.2) is 5.60 Å². The zero-order chi connectivity index (χ0) is 18.1. The van der Waals surface area contributed by atoms with Crippen molar-refractivity contribution >= 4 is 11.6 Å². The molecule has 1 unspecified atom stereocenters. The van der Waals surface area contributed by atoms with Crippen molar-refractivity contribution < 1.29 is 23.1 Å². The number of H-pyrrole nitrogens is 1. The van der Waals surface area contributed by atoms with Crippen LogP contribution in [-0.4, -0.2) is 39.9 Å². The molecule has 0 spiro atoms. The Morgan fingerprint density at radius 3 is 2.56 bits per heavy atom. The molecule has 2 heterocycles.